The number of hydrogen-bond donors (Lipinski definition) is 1. The normalized spacial score (nSPS) is 18.3. The SMILES string of the molecule is Clc1ccc2c(c1)C1(c3ccccc3)c3ccccc3Nc3cccc-2c31. The quantitative estimate of drug-likeness (QED) is 0.339. The molecular formula is C25H16ClN. The molecule has 1 N–H and O–H groups in total. The van der Waals surface area contributed by atoms with E-state index in [2.05, 4.69) is 90.2 Å². The Kier molecular flexibility index (Phi) is 2.93. The molecule has 128 valence electrons. The van der Waals surface area contributed by atoms with Crippen molar-refractivity contribution in [1.29, 1.82) is 0 Å². The maximum absolute atomic E-state index is 6.51. The summed E-state index contributed by atoms with van der Waals surface area (Å²) in [7, 11) is 0. The second-order valence-electron chi connectivity index (χ2n) is 7.20. The molecule has 0 bridgehead atoms. The molecule has 0 amide bonds. The van der Waals surface area contributed by atoms with Crippen LogP contribution in [0.1, 0.15) is 22.3 Å². The highest BCUT2D eigenvalue weighted by atomic mass is 35.5. The van der Waals surface area contributed by atoms with E-state index >= 15 is 0 Å². The van der Waals surface area contributed by atoms with Crippen molar-refractivity contribution >= 4 is 23.0 Å². The van der Waals surface area contributed by atoms with E-state index in [1.165, 1.54) is 39.1 Å². The number of para-hydroxylation sites is 1. The molecule has 4 aromatic rings. The van der Waals surface area contributed by atoms with E-state index in [0.29, 0.717) is 0 Å². The zero-order valence-electron chi connectivity index (χ0n) is 14.5. The molecule has 1 nitrogen and oxygen atoms in total. The maximum atomic E-state index is 6.51. The van der Waals surface area contributed by atoms with Crippen molar-refractivity contribution in [2.24, 2.45) is 0 Å². The van der Waals surface area contributed by atoms with Gasteiger partial charge in [0.1, 0.15) is 0 Å². The summed E-state index contributed by atoms with van der Waals surface area (Å²) in [4.78, 5) is 0. The van der Waals surface area contributed by atoms with Crippen molar-refractivity contribution in [2.45, 2.75) is 5.41 Å². The van der Waals surface area contributed by atoms with E-state index in [9.17, 15) is 0 Å². The highest BCUT2D eigenvalue weighted by Gasteiger charge is 2.50. The van der Waals surface area contributed by atoms with Crippen LogP contribution in [0, 0.1) is 0 Å². The first-order valence-corrected chi connectivity index (χ1v) is 9.54. The Hall–Kier alpha value is -3.03. The van der Waals surface area contributed by atoms with Crippen LogP contribution < -0.4 is 5.32 Å². The lowest BCUT2D eigenvalue weighted by molar-refractivity contribution is 0.763. The first-order valence-electron chi connectivity index (χ1n) is 9.16. The minimum atomic E-state index is -0.352. The van der Waals surface area contributed by atoms with Crippen LogP contribution in [0.5, 0.6) is 0 Å². The fourth-order valence-electron chi connectivity index (χ4n) is 4.97. The van der Waals surface area contributed by atoms with Crippen LogP contribution in [0.4, 0.5) is 11.4 Å². The fourth-order valence-corrected chi connectivity index (χ4v) is 5.14. The molecule has 2 aliphatic rings. The zero-order chi connectivity index (χ0) is 18.0. The maximum Gasteiger partial charge on any atom is 0.0754 e. The third kappa shape index (κ3) is 1.80. The van der Waals surface area contributed by atoms with Gasteiger partial charge in [-0.2, -0.15) is 0 Å². The Morgan fingerprint density at radius 3 is 2.30 bits per heavy atom. The fraction of sp³-hybridized carbons (Fsp3) is 0.0400. The van der Waals surface area contributed by atoms with Gasteiger partial charge >= 0.3 is 0 Å². The lowest BCUT2D eigenvalue weighted by Crippen LogP contribution is -2.32. The Morgan fingerprint density at radius 1 is 0.630 bits per heavy atom. The van der Waals surface area contributed by atoms with Crippen molar-refractivity contribution < 1.29 is 0 Å². The molecule has 0 radical (unpaired) electrons. The van der Waals surface area contributed by atoms with E-state index in [-0.39, 0.29) is 5.41 Å². The van der Waals surface area contributed by atoms with Crippen LogP contribution in [0.3, 0.4) is 0 Å². The largest absolute Gasteiger partial charge is 0.355 e. The van der Waals surface area contributed by atoms with Gasteiger partial charge in [0, 0.05) is 22.0 Å². The molecule has 0 spiro atoms. The molecule has 0 saturated heterocycles. The molecule has 1 unspecified atom stereocenters. The first-order chi connectivity index (χ1) is 13.3. The Morgan fingerprint density at radius 2 is 1.41 bits per heavy atom. The minimum absolute atomic E-state index is 0.352. The molecule has 1 heterocycles. The standard InChI is InChI=1S/C25H16ClN/c26-17-13-14-18-19-9-6-12-23-24(19)25(21(18)15-17,16-7-2-1-3-8-16)20-10-4-5-11-22(20)27-23/h1-15,27H. The Labute approximate surface area is 163 Å². The summed E-state index contributed by atoms with van der Waals surface area (Å²) in [6.07, 6.45) is 0. The summed E-state index contributed by atoms with van der Waals surface area (Å²) in [5, 5.41) is 4.44. The number of fused-ring (bicyclic) bond motifs is 5. The highest BCUT2D eigenvalue weighted by molar-refractivity contribution is 6.30. The average Bonchev–Trinajstić information content (AvgIpc) is 3.01. The summed E-state index contributed by atoms with van der Waals surface area (Å²) in [5.41, 5.74) is 9.65. The van der Waals surface area contributed by atoms with E-state index in [1.807, 2.05) is 6.07 Å². The van der Waals surface area contributed by atoms with Crippen LogP contribution in [0.2, 0.25) is 5.02 Å². The second kappa shape index (κ2) is 5.25. The van der Waals surface area contributed by atoms with Gasteiger partial charge in [0.25, 0.3) is 0 Å². The first kappa shape index (κ1) is 15.1. The van der Waals surface area contributed by atoms with E-state index in [4.69, 9.17) is 11.6 Å². The molecule has 1 aliphatic heterocycles. The minimum Gasteiger partial charge on any atom is -0.355 e. The average molecular weight is 366 g/mol. The van der Waals surface area contributed by atoms with Crippen molar-refractivity contribution in [2.75, 3.05) is 5.32 Å². The van der Waals surface area contributed by atoms with Gasteiger partial charge in [0.05, 0.1) is 5.41 Å². The Bertz CT molecular complexity index is 1210. The topological polar surface area (TPSA) is 12.0 Å². The number of hydrogen-bond acceptors (Lipinski definition) is 1. The molecule has 1 aliphatic carbocycles. The summed E-state index contributed by atoms with van der Waals surface area (Å²) < 4.78 is 0. The lowest BCUT2D eigenvalue weighted by atomic mass is 9.65. The molecular weight excluding hydrogens is 350 g/mol. The zero-order valence-corrected chi connectivity index (χ0v) is 15.3. The molecule has 0 saturated carbocycles. The number of benzene rings is 4. The van der Waals surface area contributed by atoms with Gasteiger partial charge in [0.15, 0.2) is 0 Å². The third-order valence-corrected chi connectivity index (χ3v) is 6.16. The van der Waals surface area contributed by atoms with Gasteiger partial charge < -0.3 is 5.32 Å². The van der Waals surface area contributed by atoms with E-state index < -0.39 is 0 Å². The summed E-state index contributed by atoms with van der Waals surface area (Å²) >= 11 is 6.51. The monoisotopic (exact) mass is 365 g/mol. The molecule has 4 aromatic carbocycles. The molecule has 27 heavy (non-hydrogen) atoms. The predicted octanol–water partition coefficient (Wildman–Crippen LogP) is 6.76. The van der Waals surface area contributed by atoms with Gasteiger partial charge in [-0.05, 0) is 52.1 Å². The molecule has 6 rings (SSSR count). The van der Waals surface area contributed by atoms with Gasteiger partial charge in [-0.1, -0.05) is 78.3 Å². The van der Waals surface area contributed by atoms with Gasteiger partial charge in [-0.15, -0.1) is 0 Å². The van der Waals surface area contributed by atoms with Crippen LogP contribution in [0.25, 0.3) is 11.1 Å². The molecule has 2 heteroatoms. The van der Waals surface area contributed by atoms with Crippen LogP contribution in [-0.4, -0.2) is 0 Å². The summed E-state index contributed by atoms with van der Waals surface area (Å²) in [5.74, 6) is 0. The van der Waals surface area contributed by atoms with Crippen molar-refractivity contribution in [1.82, 2.24) is 0 Å². The Balaban J connectivity index is 1.88. The smallest absolute Gasteiger partial charge is 0.0754 e. The highest BCUT2D eigenvalue weighted by Crippen LogP contribution is 2.62. The summed E-state index contributed by atoms with van der Waals surface area (Å²) in [6.45, 7) is 0. The van der Waals surface area contributed by atoms with Gasteiger partial charge in [-0.3, -0.25) is 0 Å². The number of anilines is 2. The third-order valence-electron chi connectivity index (χ3n) is 5.92. The second-order valence-corrected chi connectivity index (χ2v) is 7.64. The van der Waals surface area contributed by atoms with Gasteiger partial charge in [0.2, 0.25) is 0 Å². The number of halogens is 1. The van der Waals surface area contributed by atoms with Crippen LogP contribution >= 0.6 is 11.6 Å². The number of nitrogens with one attached hydrogen (secondary N) is 1. The molecule has 1 atom stereocenters. The van der Waals surface area contributed by atoms with Crippen molar-refractivity contribution in [3.63, 3.8) is 0 Å². The predicted molar refractivity (Wildman–Crippen MR) is 112 cm³/mol. The van der Waals surface area contributed by atoms with Crippen molar-refractivity contribution in [3.05, 3.63) is 118 Å². The van der Waals surface area contributed by atoms with Crippen LogP contribution in [-0.2, 0) is 5.41 Å². The van der Waals surface area contributed by atoms with Crippen LogP contribution in [0.15, 0.2) is 91.0 Å². The van der Waals surface area contributed by atoms with E-state index in [1.54, 1.807) is 0 Å². The molecule has 0 fully saturated rings. The summed E-state index contributed by atoms with van der Waals surface area (Å²) in [6, 6.07) is 32.3. The lowest BCUT2D eigenvalue weighted by Gasteiger charge is -2.40. The molecule has 0 aromatic heterocycles. The van der Waals surface area contributed by atoms with Crippen molar-refractivity contribution in [3.8, 4) is 11.1 Å². The number of rotatable bonds is 1. The van der Waals surface area contributed by atoms with Gasteiger partial charge in [-0.25, -0.2) is 0 Å². The van der Waals surface area contributed by atoms with E-state index in [0.717, 1.165) is 10.7 Å².